The molecule has 0 bridgehead atoms. The number of aromatic nitrogens is 2. The van der Waals surface area contributed by atoms with Gasteiger partial charge in [0.2, 0.25) is 5.91 Å². The van der Waals surface area contributed by atoms with E-state index in [2.05, 4.69) is 14.9 Å². The van der Waals surface area contributed by atoms with Gasteiger partial charge in [0.25, 0.3) is 0 Å². The number of rotatable bonds is 5. The van der Waals surface area contributed by atoms with Crippen LogP contribution in [0.15, 0.2) is 36.7 Å². The van der Waals surface area contributed by atoms with E-state index in [4.69, 9.17) is 4.74 Å². The first-order chi connectivity index (χ1) is 14.2. The van der Waals surface area contributed by atoms with Gasteiger partial charge in [-0.15, -0.1) is 0 Å². The Morgan fingerprint density at radius 1 is 1.03 bits per heavy atom. The number of hydrogen-bond donors (Lipinski definition) is 0. The SMILES string of the molecule is COc1ccc(-c2cc(N3CCN(C(=O)CC4CCCCC4)CC3)ncn2)cc1. The van der Waals surface area contributed by atoms with Crippen LogP contribution in [0.2, 0.25) is 0 Å². The number of methoxy groups -OCH3 is 1. The first-order valence-corrected chi connectivity index (χ1v) is 10.7. The average molecular weight is 395 g/mol. The highest BCUT2D eigenvalue weighted by Crippen LogP contribution is 2.27. The lowest BCUT2D eigenvalue weighted by atomic mass is 9.86. The topological polar surface area (TPSA) is 58.6 Å². The predicted molar refractivity (Wildman–Crippen MR) is 114 cm³/mol. The quantitative estimate of drug-likeness (QED) is 0.773. The molecule has 1 aliphatic heterocycles. The van der Waals surface area contributed by atoms with Crippen LogP contribution < -0.4 is 9.64 Å². The molecule has 1 amide bonds. The Kier molecular flexibility index (Phi) is 6.27. The number of piperazine rings is 1. The smallest absolute Gasteiger partial charge is 0.222 e. The van der Waals surface area contributed by atoms with Gasteiger partial charge in [0, 0.05) is 44.2 Å². The van der Waals surface area contributed by atoms with Crippen LogP contribution in [0.3, 0.4) is 0 Å². The molecule has 0 unspecified atom stereocenters. The Hall–Kier alpha value is -2.63. The molecule has 0 N–H and O–H groups in total. The summed E-state index contributed by atoms with van der Waals surface area (Å²) in [6.07, 6.45) is 8.71. The molecule has 0 radical (unpaired) electrons. The number of carbonyl (C=O) groups excluding carboxylic acids is 1. The largest absolute Gasteiger partial charge is 0.497 e. The fourth-order valence-corrected chi connectivity index (χ4v) is 4.39. The monoisotopic (exact) mass is 394 g/mol. The second-order valence-electron chi connectivity index (χ2n) is 8.07. The van der Waals surface area contributed by atoms with Crippen LogP contribution in [0.5, 0.6) is 5.75 Å². The van der Waals surface area contributed by atoms with Gasteiger partial charge in [0.1, 0.15) is 17.9 Å². The average Bonchev–Trinajstić information content (AvgIpc) is 2.80. The third-order valence-corrected chi connectivity index (χ3v) is 6.18. The van der Waals surface area contributed by atoms with Crippen LogP contribution in [0, 0.1) is 5.92 Å². The summed E-state index contributed by atoms with van der Waals surface area (Å²) in [5.74, 6) is 2.68. The van der Waals surface area contributed by atoms with E-state index >= 15 is 0 Å². The summed E-state index contributed by atoms with van der Waals surface area (Å²) in [7, 11) is 1.66. The minimum atomic E-state index is 0.332. The van der Waals surface area contributed by atoms with E-state index in [0.717, 1.165) is 55.4 Å². The molecule has 6 nitrogen and oxygen atoms in total. The lowest BCUT2D eigenvalue weighted by Gasteiger charge is -2.36. The fourth-order valence-electron chi connectivity index (χ4n) is 4.39. The van der Waals surface area contributed by atoms with E-state index in [0.29, 0.717) is 11.8 Å². The second-order valence-corrected chi connectivity index (χ2v) is 8.07. The molecule has 1 aliphatic carbocycles. The summed E-state index contributed by atoms with van der Waals surface area (Å²) >= 11 is 0. The maximum atomic E-state index is 12.7. The van der Waals surface area contributed by atoms with Crippen LogP contribution in [0.4, 0.5) is 5.82 Å². The first-order valence-electron chi connectivity index (χ1n) is 10.7. The molecular weight excluding hydrogens is 364 g/mol. The van der Waals surface area contributed by atoms with Crippen molar-refractivity contribution in [2.75, 3.05) is 38.2 Å². The summed E-state index contributed by atoms with van der Waals surface area (Å²) in [5.41, 5.74) is 1.93. The molecule has 2 aromatic rings. The molecule has 0 spiro atoms. The minimum absolute atomic E-state index is 0.332. The van der Waals surface area contributed by atoms with Crippen molar-refractivity contribution in [3.8, 4) is 17.0 Å². The third-order valence-electron chi connectivity index (χ3n) is 6.18. The first kappa shape index (κ1) is 19.7. The summed E-state index contributed by atoms with van der Waals surface area (Å²) in [6.45, 7) is 3.17. The maximum Gasteiger partial charge on any atom is 0.222 e. The number of carbonyl (C=O) groups is 1. The zero-order valence-corrected chi connectivity index (χ0v) is 17.2. The van der Waals surface area contributed by atoms with Crippen molar-refractivity contribution in [3.05, 3.63) is 36.7 Å². The van der Waals surface area contributed by atoms with E-state index in [1.54, 1.807) is 13.4 Å². The molecule has 1 aromatic carbocycles. The molecule has 2 aliphatic rings. The molecule has 0 atom stereocenters. The van der Waals surface area contributed by atoms with Gasteiger partial charge in [0.05, 0.1) is 12.8 Å². The zero-order chi connectivity index (χ0) is 20.1. The van der Waals surface area contributed by atoms with Crippen molar-refractivity contribution in [1.82, 2.24) is 14.9 Å². The summed E-state index contributed by atoms with van der Waals surface area (Å²) in [6, 6.07) is 9.92. The molecule has 1 aromatic heterocycles. The Bertz CT molecular complexity index is 810. The van der Waals surface area contributed by atoms with E-state index in [1.807, 2.05) is 35.2 Å². The van der Waals surface area contributed by atoms with Crippen molar-refractivity contribution in [2.45, 2.75) is 38.5 Å². The van der Waals surface area contributed by atoms with Crippen molar-refractivity contribution in [2.24, 2.45) is 5.92 Å². The van der Waals surface area contributed by atoms with Crippen LogP contribution in [-0.2, 0) is 4.79 Å². The molecular formula is C23H30N4O2. The summed E-state index contributed by atoms with van der Waals surface area (Å²) < 4.78 is 5.23. The summed E-state index contributed by atoms with van der Waals surface area (Å²) in [4.78, 5) is 25.9. The van der Waals surface area contributed by atoms with Crippen LogP contribution in [0.25, 0.3) is 11.3 Å². The lowest BCUT2D eigenvalue weighted by molar-refractivity contribution is -0.132. The maximum absolute atomic E-state index is 12.7. The number of hydrogen-bond acceptors (Lipinski definition) is 5. The molecule has 4 rings (SSSR count). The van der Waals surface area contributed by atoms with Gasteiger partial charge in [0.15, 0.2) is 0 Å². The molecule has 1 saturated carbocycles. The van der Waals surface area contributed by atoms with Crippen LogP contribution in [0.1, 0.15) is 38.5 Å². The lowest BCUT2D eigenvalue weighted by Crippen LogP contribution is -2.49. The van der Waals surface area contributed by atoms with Crippen LogP contribution >= 0.6 is 0 Å². The van der Waals surface area contributed by atoms with Crippen molar-refractivity contribution in [1.29, 1.82) is 0 Å². The number of amides is 1. The highest BCUT2D eigenvalue weighted by molar-refractivity contribution is 5.76. The van der Waals surface area contributed by atoms with E-state index in [9.17, 15) is 4.79 Å². The van der Waals surface area contributed by atoms with E-state index in [1.165, 1.54) is 32.1 Å². The van der Waals surface area contributed by atoms with Crippen molar-refractivity contribution in [3.63, 3.8) is 0 Å². The number of nitrogens with zero attached hydrogens (tertiary/aromatic N) is 4. The van der Waals surface area contributed by atoms with Crippen LogP contribution in [-0.4, -0.2) is 54.1 Å². The van der Waals surface area contributed by atoms with Crippen molar-refractivity contribution >= 4 is 11.7 Å². The molecule has 2 heterocycles. The normalized spacial score (nSPS) is 18.0. The van der Waals surface area contributed by atoms with Gasteiger partial charge in [-0.05, 0) is 43.0 Å². The molecule has 6 heteroatoms. The Morgan fingerprint density at radius 3 is 2.45 bits per heavy atom. The van der Waals surface area contributed by atoms with Gasteiger partial charge in [-0.3, -0.25) is 4.79 Å². The third kappa shape index (κ3) is 4.86. The number of benzene rings is 1. The minimum Gasteiger partial charge on any atom is -0.497 e. The molecule has 29 heavy (non-hydrogen) atoms. The van der Waals surface area contributed by atoms with Crippen molar-refractivity contribution < 1.29 is 9.53 Å². The Morgan fingerprint density at radius 2 is 1.76 bits per heavy atom. The predicted octanol–water partition coefficient (Wildman–Crippen LogP) is 3.77. The summed E-state index contributed by atoms with van der Waals surface area (Å²) in [5, 5.41) is 0. The molecule has 154 valence electrons. The Labute approximate surface area is 172 Å². The molecule has 2 fully saturated rings. The van der Waals surface area contributed by atoms with Gasteiger partial charge in [-0.1, -0.05) is 19.3 Å². The highest BCUT2D eigenvalue weighted by Gasteiger charge is 2.25. The van der Waals surface area contributed by atoms with E-state index < -0.39 is 0 Å². The zero-order valence-electron chi connectivity index (χ0n) is 17.2. The number of ether oxygens (including phenoxy) is 1. The van der Waals surface area contributed by atoms with Gasteiger partial charge >= 0.3 is 0 Å². The van der Waals surface area contributed by atoms with Gasteiger partial charge in [-0.25, -0.2) is 9.97 Å². The Balaban J connectivity index is 1.35. The standard InChI is InChI=1S/C23H30N4O2/c1-29-20-9-7-19(8-10-20)21-16-22(25-17-24-21)26-11-13-27(14-12-26)23(28)15-18-5-3-2-4-6-18/h7-10,16-18H,2-6,11-15H2,1H3. The van der Waals surface area contributed by atoms with Gasteiger partial charge in [-0.2, -0.15) is 0 Å². The number of anilines is 1. The fraction of sp³-hybridized carbons (Fsp3) is 0.522. The van der Waals surface area contributed by atoms with E-state index in [-0.39, 0.29) is 0 Å². The second kappa shape index (κ2) is 9.25. The molecule has 1 saturated heterocycles. The highest BCUT2D eigenvalue weighted by atomic mass is 16.5. The van der Waals surface area contributed by atoms with Gasteiger partial charge < -0.3 is 14.5 Å².